The van der Waals surface area contributed by atoms with Gasteiger partial charge in [0.1, 0.15) is 12.0 Å². The molecule has 0 N–H and O–H groups in total. The van der Waals surface area contributed by atoms with E-state index in [9.17, 15) is 9.59 Å². The van der Waals surface area contributed by atoms with E-state index < -0.39 is 18.0 Å². The second kappa shape index (κ2) is 3.00. The molecule has 4 heteroatoms. The van der Waals surface area contributed by atoms with Gasteiger partial charge in [-0.15, -0.1) is 0 Å². The van der Waals surface area contributed by atoms with Crippen molar-refractivity contribution in [3.63, 3.8) is 0 Å². The van der Waals surface area contributed by atoms with E-state index in [0.29, 0.717) is 0 Å². The van der Waals surface area contributed by atoms with Gasteiger partial charge in [-0.05, 0) is 6.92 Å². The van der Waals surface area contributed by atoms with Crippen molar-refractivity contribution < 1.29 is 19.1 Å². The van der Waals surface area contributed by atoms with Gasteiger partial charge in [-0.1, -0.05) is 0 Å². The van der Waals surface area contributed by atoms with Crippen LogP contribution in [0.15, 0.2) is 0 Å². The molecule has 0 radical (unpaired) electrons. The van der Waals surface area contributed by atoms with Crippen LogP contribution in [0, 0.1) is 5.92 Å². The van der Waals surface area contributed by atoms with Crippen LogP contribution in [0.3, 0.4) is 0 Å². The standard InChI is InChI=1S/C7H10O4/c1-4-6(8)5(3-11-4)7(9)10-2/h4-5H,3H2,1-2H3/t4-,5?/m1/s1. The molecule has 0 aromatic heterocycles. The van der Waals surface area contributed by atoms with E-state index in [4.69, 9.17) is 4.74 Å². The molecule has 0 spiro atoms. The van der Waals surface area contributed by atoms with Gasteiger partial charge in [-0.25, -0.2) is 0 Å². The van der Waals surface area contributed by atoms with Crippen LogP contribution in [0.4, 0.5) is 0 Å². The normalized spacial score (nSPS) is 30.5. The molecule has 0 aliphatic carbocycles. The van der Waals surface area contributed by atoms with Gasteiger partial charge < -0.3 is 9.47 Å². The molecule has 0 amide bonds. The third-order valence-corrected chi connectivity index (χ3v) is 1.74. The van der Waals surface area contributed by atoms with Gasteiger partial charge in [0, 0.05) is 0 Å². The fourth-order valence-electron chi connectivity index (χ4n) is 1.01. The average Bonchev–Trinajstić information content (AvgIpc) is 2.32. The molecule has 0 saturated carbocycles. The predicted octanol–water partition coefficient (Wildman–Crippen LogP) is -0.237. The Morgan fingerprint density at radius 3 is 2.73 bits per heavy atom. The largest absolute Gasteiger partial charge is 0.468 e. The van der Waals surface area contributed by atoms with Crippen molar-refractivity contribution in [2.75, 3.05) is 13.7 Å². The fraction of sp³-hybridized carbons (Fsp3) is 0.714. The van der Waals surface area contributed by atoms with Crippen molar-refractivity contribution in [3.8, 4) is 0 Å². The van der Waals surface area contributed by atoms with E-state index in [-0.39, 0.29) is 12.4 Å². The summed E-state index contributed by atoms with van der Waals surface area (Å²) >= 11 is 0. The zero-order chi connectivity index (χ0) is 8.43. The van der Waals surface area contributed by atoms with Gasteiger partial charge in [-0.2, -0.15) is 0 Å². The van der Waals surface area contributed by atoms with Crippen LogP contribution in [0.5, 0.6) is 0 Å². The Hall–Kier alpha value is -0.900. The summed E-state index contributed by atoms with van der Waals surface area (Å²) in [6, 6.07) is 0. The van der Waals surface area contributed by atoms with Crippen molar-refractivity contribution >= 4 is 11.8 Å². The number of methoxy groups -OCH3 is 1. The first-order chi connectivity index (χ1) is 5.16. The fourth-order valence-corrected chi connectivity index (χ4v) is 1.01. The molecule has 0 bridgehead atoms. The maximum atomic E-state index is 11.1. The Morgan fingerprint density at radius 2 is 2.36 bits per heavy atom. The summed E-state index contributed by atoms with van der Waals surface area (Å²) in [5.41, 5.74) is 0. The van der Waals surface area contributed by atoms with Gasteiger partial charge >= 0.3 is 5.97 Å². The Morgan fingerprint density at radius 1 is 1.73 bits per heavy atom. The lowest BCUT2D eigenvalue weighted by atomic mass is 10.1. The van der Waals surface area contributed by atoms with Crippen molar-refractivity contribution in [1.29, 1.82) is 0 Å². The van der Waals surface area contributed by atoms with Crippen LogP contribution in [0.25, 0.3) is 0 Å². The number of esters is 1. The molecule has 1 aliphatic heterocycles. The lowest BCUT2D eigenvalue weighted by Gasteiger charge is -2.01. The maximum absolute atomic E-state index is 11.1. The Balaban J connectivity index is 2.62. The molecule has 1 fully saturated rings. The quantitative estimate of drug-likeness (QED) is 0.390. The Kier molecular flexibility index (Phi) is 2.24. The third-order valence-electron chi connectivity index (χ3n) is 1.74. The summed E-state index contributed by atoms with van der Waals surface area (Å²) < 4.78 is 9.36. The summed E-state index contributed by atoms with van der Waals surface area (Å²) in [5, 5.41) is 0. The van der Waals surface area contributed by atoms with Crippen molar-refractivity contribution in [3.05, 3.63) is 0 Å². The van der Waals surface area contributed by atoms with Gasteiger partial charge in [-0.3, -0.25) is 9.59 Å². The number of hydrogen-bond acceptors (Lipinski definition) is 4. The molecule has 1 saturated heterocycles. The summed E-state index contributed by atoms with van der Waals surface area (Å²) in [7, 11) is 1.26. The second-order valence-electron chi connectivity index (χ2n) is 2.45. The molecule has 1 rings (SSSR count). The molecule has 1 aliphatic rings. The van der Waals surface area contributed by atoms with Crippen LogP contribution in [0.2, 0.25) is 0 Å². The van der Waals surface area contributed by atoms with Crippen molar-refractivity contribution in [2.24, 2.45) is 5.92 Å². The number of Topliss-reactive ketones (excluding diaryl/α,β-unsaturated/α-hetero) is 1. The molecule has 4 nitrogen and oxygen atoms in total. The maximum Gasteiger partial charge on any atom is 0.318 e. The smallest absolute Gasteiger partial charge is 0.318 e. The van der Waals surface area contributed by atoms with E-state index in [1.54, 1.807) is 6.92 Å². The predicted molar refractivity (Wildman–Crippen MR) is 35.9 cm³/mol. The van der Waals surface area contributed by atoms with Gasteiger partial charge in [0.2, 0.25) is 0 Å². The zero-order valence-electron chi connectivity index (χ0n) is 6.49. The highest BCUT2D eigenvalue weighted by atomic mass is 16.5. The highest BCUT2D eigenvalue weighted by Crippen LogP contribution is 2.15. The highest BCUT2D eigenvalue weighted by Gasteiger charge is 2.37. The first kappa shape index (κ1) is 8.20. The molecule has 2 atom stereocenters. The lowest BCUT2D eigenvalue weighted by molar-refractivity contribution is -0.147. The number of carbonyl (C=O) groups is 2. The van der Waals surface area contributed by atoms with Crippen LogP contribution in [-0.4, -0.2) is 31.6 Å². The average molecular weight is 158 g/mol. The first-order valence-electron chi connectivity index (χ1n) is 3.40. The van der Waals surface area contributed by atoms with Gasteiger partial charge in [0.15, 0.2) is 5.78 Å². The van der Waals surface area contributed by atoms with Gasteiger partial charge in [0.05, 0.1) is 13.7 Å². The summed E-state index contributed by atoms with van der Waals surface area (Å²) in [5.74, 6) is -1.38. The first-order valence-corrected chi connectivity index (χ1v) is 3.40. The molecule has 1 heterocycles. The monoisotopic (exact) mass is 158 g/mol. The number of carbonyl (C=O) groups excluding carboxylic acids is 2. The minimum Gasteiger partial charge on any atom is -0.468 e. The summed E-state index contributed by atoms with van der Waals surface area (Å²) in [6.07, 6.45) is -0.459. The molecular formula is C7H10O4. The highest BCUT2D eigenvalue weighted by molar-refractivity contribution is 6.02. The van der Waals surface area contributed by atoms with Crippen LogP contribution >= 0.6 is 0 Å². The van der Waals surface area contributed by atoms with Crippen molar-refractivity contribution in [1.82, 2.24) is 0 Å². The van der Waals surface area contributed by atoms with Crippen molar-refractivity contribution in [2.45, 2.75) is 13.0 Å². The zero-order valence-corrected chi connectivity index (χ0v) is 6.49. The number of ether oxygens (including phenoxy) is 2. The summed E-state index contributed by atoms with van der Waals surface area (Å²) in [4.78, 5) is 21.9. The van der Waals surface area contributed by atoms with E-state index in [2.05, 4.69) is 4.74 Å². The molecular weight excluding hydrogens is 148 g/mol. The molecule has 0 aromatic carbocycles. The van der Waals surface area contributed by atoms with Crippen LogP contribution in [0.1, 0.15) is 6.92 Å². The van der Waals surface area contributed by atoms with E-state index in [1.165, 1.54) is 7.11 Å². The molecule has 11 heavy (non-hydrogen) atoms. The SMILES string of the molecule is COC(=O)C1CO[C@H](C)C1=O. The van der Waals surface area contributed by atoms with E-state index >= 15 is 0 Å². The van der Waals surface area contributed by atoms with E-state index in [1.807, 2.05) is 0 Å². The third kappa shape index (κ3) is 1.40. The molecule has 0 aromatic rings. The van der Waals surface area contributed by atoms with E-state index in [0.717, 1.165) is 0 Å². The molecule has 1 unspecified atom stereocenters. The summed E-state index contributed by atoms with van der Waals surface area (Å²) in [6.45, 7) is 1.79. The molecule has 62 valence electrons. The Bertz CT molecular complexity index is 187. The number of ketones is 1. The number of rotatable bonds is 1. The van der Waals surface area contributed by atoms with Crippen LogP contribution < -0.4 is 0 Å². The lowest BCUT2D eigenvalue weighted by Crippen LogP contribution is -2.25. The van der Waals surface area contributed by atoms with Gasteiger partial charge in [0.25, 0.3) is 0 Å². The number of hydrogen-bond donors (Lipinski definition) is 0. The second-order valence-corrected chi connectivity index (χ2v) is 2.45. The van der Waals surface area contributed by atoms with Crippen LogP contribution in [-0.2, 0) is 19.1 Å². The topological polar surface area (TPSA) is 52.6 Å². The minimum absolute atomic E-state index is 0.159. The Labute approximate surface area is 64.5 Å². The minimum atomic E-state index is -0.699.